The van der Waals surface area contributed by atoms with Gasteiger partial charge in [-0.3, -0.25) is 47.4 Å². The zero-order valence-electron chi connectivity index (χ0n) is 26.1. The normalized spacial score (nSPS) is 17.7. The summed E-state index contributed by atoms with van der Waals surface area (Å²) in [6.07, 6.45) is 1.29. The minimum Gasteiger partial charge on any atom is -0.481 e. The first-order chi connectivity index (χ1) is 24.0. The monoisotopic (exact) mass is 814 g/mol. The van der Waals surface area contributed by atoms with E-state index < -0.39 is 70.3 Å². The van der Waals surface area contributed by atoms with E-state index in [1.54, 1.807) is 19.1 Å². The molecule has 4 heterocycles. The van der Waals surface area contributed by atoms with Crippen molar-refractivity contribution in [3.8, 4) is 0 Å². The van der Waals surface area contributed by atoms with E-state index in [2.05, 4.69) is 0 Å². The SMILES string of the molecule is CC(/C=C1\Sc2ccccc2N1CCCS(=O)(=O)O)=c1\s/c(=c2/s/c(=C3/SC(=S)N(CC(=O)O)C3=O)n(CC(=O)O)c2=O)n(CCC(=O)O)c1=O. The van der Waals surface area contributed by atoms with Crippen LogP contribution in [0.4, 0.5) is 5.69 Å². The third-order valence-electron chi connectivity index (χ3n) is 7.26. The number of thioether (sulfide) groups is 2. The molecule has 0 atom stereocenters. The quantitative estimate of drug-likeness (QED) is 0.147. The predicted octanol–water partition coefficient (Wildman–Crippen LogP) is 0.935. The van der Waals surface area contributed by atoms with Crippen molar-refractivity contribution in [2.24, 2.45) is 0 Å². The third kappa shape index (κ3) is 8.37. The minimum absolute atomic E-state index is 0.0165. The average molecular weight is 815 g/mol. The fourth-order valence-corrected chi connectivity index (χ4v) is 10.6. The molecule has 0 unspecified atom stereocenters. The van der Waals surface area contributed by atoms with Crippen molar-refractivity contribution in [2.75, 3.05) is 23.7 Å². The van der Waals surface area contributed by atoms with Crippen LogP contribution in [-0.2, 0) is 42.4 Å². The van der Waals surface area contributed by atoms with E-state index in [1.165, 1.54) is 11.8 Å². The van der Waals surface area contributed by atoms with Gasteiger partial charge >= 0.3 is 17.9 Å². The Morgan fingerprint density at radius 2 is 1.55 bits per heavy atom. The van der Waals surface area contributed by atoms with E-state index >= 15 is 0 Å². The number of carbonyl (C=O) groups is 4. The summed E-state index contributed by atoms with van der Waals surface area (Å²) in [6.45, 7) is -0.141. The Labute approximate surface area is 308 Å². The molecule has 0 saturated carbocycles. The van der Waals surface area contributed by atoms with Gasteiger partial charge < -0.3 is 20.2 Å². The Kier molecular flexibility index (Phi) is 11.4. The van der Waals surface area contributed by atoms with Gasteiger partial charge in [0, 0.05) is 18.0 Å². The van der Waals surface area contributed by atoms with Crippen molar-refractivity contribution < 1.29 is 47.5 Å². The van der Waals surface area contributed by atoms with Crippen molar-refractivity contribution in [1.29, 1.82) is 0 Å². The summed E-state index contributed by atoms with van der Waals surface area (Å²) in [5, 5.41) is 28.9. The van der Waals surface area contributed by atoms with Crippen LogP contribution in [0, 0.1) is 9.20 Å². The van der Waals surface area contributed by atoms with Gasteiger partial charge in [0.15, 0.2) is 0 Å². The van der Waals surface area contributed by atoms with E-state index in [0.29, 0.717) is 33.7 Å². The highest BCUT2D eigenvalue weighted by Crippen LogP contribution is 2.46. The molecule has 2 aliphatic rings. The molecule has 2 aliphatic heterocycles. The number of hydrogen-bond acceptors (Lipinski definition) is 14. The largest absolute Gasteiger partial charge is 0.481 e. The van der Waals surface area contributed by atoms with Gasteiger partial charge in [-0.1, -0.05) is 47.9 Å². The van der Waals surface area contributed by atoms with Gasteiger partial charge in [0.1, 0.15) is 36.2 Å². The molecule has 4 N–H and O–H groups in total. The van der Waals surface area contributed by atoms with Gasteiger partial charge in [-0.25, -0.2) is 0 Å². The van der Waals surface area contributed by atoms with E-state index in [-0.39, 0.29) is 47.1 Å². The number of fused-ring (bicyclic) bond motifs is 1. The highest BCUT2D eigenvalue weighted by Gasteiger charge is 2.35. The third-order valence-corrected chi connectivity index (χ3v) is 13.4. The molecule has 51 heavy (non-hydrogen) atoms. The lowest BCUT2D eigenvalue weighted by Gasteiger charge is -2.20. The zero-order chi connectivity index (χ0) is 37.4. The topological polar surface area (TPSA) is 234 Å². The van der Waals surface area contributed by atoms with Crippen molar-refractivity contribution in [2.45, 2.75) is 37.8 Å². The fraction of sp³-hybridized carbons (Fsp3) is 0.276. The molecule has 270 valence electrons. The number of rotatable bonds is 12. The first-order valence-corrected chi connectivity index (χ1v) is 19.8. The van der Waals surface area contributed by atoms with Gasteiger partial charge in [0.2, 0.25) is 0 Å². The van der Waals surface area contributed by atoms with Crippen LogP contribution < -0.4 is 25.2 Å². The number of carboxylic acid groups (broad SMARTS) is 3. The van der Waals surface area contributed by atoms with Crippen LogP contribution in [0.25, 0.3) is 10.5 Å². The molecule has 22 heteroatoms. The molecular formula is C29H26N4O12S6. The number of allylic oxidation sites excluding steroid dienone is 1. The van der Waals surface area contributed by atoms with Crippen LogP contribution in [0.3, 0.4) is 0 Å². The standard InChI is InChI=1S/C29H26N4O12S6/c1-14(11-17-30(8-4-10-51(43,44)45)15-5-2-3-6-16(15)47-17)21-24(40)31(9-7-18(34)35)27(48-21)22-25(41)32(12-19(36)37)28(49-22)23-26(42)33(13-20(38)39)29(46)50-23/h2-3,5-6,11H,4,7-10,12-13H2,1H3,(H,34,35)(H,36,37)(H,38,39)(H,43,44,45)/b17-11-,21-14+,27-22+,28-23+. The summed E-state index contributed by atoms with van der Waals surface area (Å²) >= 11 is 8.79. The highest BCUT2D eigenvalue weighted by molar-refractivity contribution is 8.30. The Hall–Kier alpha value is -4.06. The number of thiazole rings is 2. The smallest absolute Gasteiger partial charge is 0.323 e. The van der Waals surface area contributed by atoms with Gasteiger partial charge in [-0.2, -0.15) is 8.42 Å². The van der Waals surface area contributed by atoms with Crippen LogP contribution >= 0.6 is 58.4 Å². The zero-order valence-corrected chi connectivity index (χ0v) is 31.0. The number of para-hydroxylation sites is 1. The summed E-state index contributed by atoms with van der Waals surface area (Å²) in [6, 6.07) is 7.34. The van der Waals surface area contributed by atoms with Crippen molar-refractivity contribution in [3.05, 3.63) is 74.5 Å². The van der Waals surface area contributed by atoms with Crippen LogP contribution in [0.5, 0.6) is 0 Å². The number of hydrogen-bond donors (Lipinski definition) is 4. The number of carboxylic acids is 3. The molecular weight excluding hydrogens is 789 g/mol. The van der Waals surface area contributed by atoms with Crippen molar-refractivity contribution in [1.82, 2.24) is 14.0 Å². The molecule has 1 saturated heterocycles. The number of carbonyl (C=O) groups excluding carboxylic acids is 1. The molecule has 16 nitrogen and oxygen atoms in total. The van der Waals surface area contributed by atoms with E-state index in [0.717, 1.165) is 36.0 Å². The second-order valence-electron chi connectivity index (χ2n) is 10.9. The predicted molar refractivity (Wildman–Crippen MR) is 195 cm³/mol. The molecule has 0 bridgehead atoms. The van der Waals surface area contributed by atoms with Gasteiger partial charge in [-0.05, 0) is 37.1 Å². The maximum absolute atomic E-state index is 13.9. The lowest BCUT2D eigenvalue weighted by Crippen LogP contribution is -2.35. The molecule has 1 fully saturated rings. The Morgan fingerprint density at radius 3 is 2.20 bits per heavy atom. The molecule has 3 aromatic rings. The Bertz CT molecular complexity index is 2500. The summed E-state index contributed by atoms with van der Waals surface area (Å²) in [4.78, 5) is 79.0. The van der Waals surface area contributed by atoms with Crippen LogP contribution in [-0.4, -0.2) is 89.3 Å². The summed E-state index contributed by atoms with van der Waals surface area (Å²) in [7, 11) is -4.21. The number of aromatic nitrogens is 2. The summed E-state index contributed by atoms with van der Waals surface area (Å²) in [5.41, 5.74) is -0.300. The highest BCUT2D eigenvalue weighted by atomic mass is 32.2. The second-order valence-corrected chi connectivity index (χ2v) is 17.1. The number of nitrogens with zero attached hydrogens (tertiary/aromatic N) is 4. The van der Waals surface area contributed by atoms with Gasteiger partial charge in [0.25, 0.3) is 27.1 Å². The number of aliphatic carboxylic acids is 3. The first-order valence-electron chi connectivity index (χ1n) is 14.6. The van der Waals surface area contributed by atoms with Crippen LogP contribution in [0.2, 0.25) is 0 Å². The molecule has 5 rings (SSSR count). The Morgan fingerprint density at radius 1 is 0.863 bits per heavy atom. The first kappa shape index (κ1) is 38.2. The van der Waals surface area contributed by atoms with Crippen LogP contribution in [0.15, 0.2) is 49.9 Å². The lowest BCUT2D eigenvalue weighted by atomic mass is 10.2. The van der Waals surface area contributed by atoms with Gasteiger partial charge in [-0.15, -0.1) is 22.7 Å². The summed E-state index contributed by atoms with van der Waals surface area (Å²) < 4.78 is 33.7. The van der Waals surface area contributed by atoms with E-state index in [4.69, 9.17) is 12.2 Å². The number of anilines is 1. The number of thiocarbonyl (C=S) groups is 1. The summed E-state index contributed by atoms with van der Waals surface area (Å²) in [5.74, 6) is -5.32. The molecule has 0 spiro atoms. The fourth-order valence-electron chi connectivity index (χ4n) is 5.08. The minimum atomic E-state index is -4.21. The maximum Gasteiger partial charge on any atom is 0.323 e. The average Bonchev–Trinajstić information content (AvgIpc) is 3.73. The van der Waals surface area contributed by atoms with Crippen LogP contribution in [0.1, 0.15) is 19.8 Å². The molecule has 0 radical (unpaired) electrons. The molecule has 0 aliphatic carbocycles. The van der Waals surface area contributed by atoms with Crippen molar-refractivity contribution >= 4 is 113 Å². The molecule has 1 aromatic carbocycles. The van der Waals surface area contributed by atoms with Crippen molar-refractivity contribution in [3.63, 3.8) is 0 Å². The maximum atomic E-state index is 13.9. The molecule has 1 amide bonds. The molecule has 2 aromatic heterocycles. The lowest BCUT2D eigenvalue weighted by molar-refractivity contribution is -0.140. The number of amides is 1. The van der Waals surface area contributed by atoms with Gasteiger partial charge in [0.05, 0.1) is 27.4 Å². The van der Waals surface area contributed by atoms with E-state index in [1.807, 2.05) is 23.1 Å². The second kappa shape index (κ2) is 15.3. The Balaban J connectivity index is 1.77. The number of benzene rings is 1. The van der Waals surface area contributed by atoms with E-state index in [9.17, 15) is 57.1 Å².